The Labute approximate surface area is 199 Å². The molecule has 8 heteroatoms. The van der Waals surface area contributed by atoms with E-state index < -0.39 is 0 Å². The Balaban J connectivity index is 0.00000363. The third kappa shape index (κ3) is 7.15. The molecule has 6 nitrogen and oxygen atoms in total. The summed E-state index contributed by atoms with van der Waals surface area (Å²) in [5.74, 6) is -0.0933. The van der Waals surface area contributed by atoms with E-state index in [1.165, 1.54) is 16.9 Å². The largest absolute Gasteiger partial charge is 0.348 e. The van der Waals surface area contributed by atoms with Crippen molar-refractivity contribution in [2.24, 2.45) is 0 Å². The molecule has 0 aliphatic heterocycles. The van der Waals surface area contributed by atoms with Crippen LogP contribution in [0.1, 0.15) is 46.6 Å². The second kappa shape index (κ2) is 12.3. The third-order valence-corrected chi connectivity index (χ3v) is 5.78. The minimum atomic E-state index is -0.0875. The molecule has 2 aromatic carbocycles. The minimum Gasteiger partial charge on any atom is -0.348 e. The Bertz CT molecular complexity index is 1040. The SMILES string of the molecule is CCN(C(C)=O)c1nc(CNCc2cccc(C(=O)NCc3ccc(C)cc3)c2)cs1.Cl. The molecule has 0 bridgehead atoms. The molecule has 0 aliphatic rings. The van der Waals surface area contributed by atoms with Crippen LogP contribution in [0.5, 0.6) is 0 Å². The number of thiazole rings is 1. The first-order valence-electron chi connectivity index (χ1n) is 10.3. The van der Waals surface area contributed by atoms with E-state index in [0.29, 0.717) is 31.7 Å². The second-order valence-corrected chi connectivity index (χ2v) is 8.19. The van der Waals surface area contributed by atoms with E-state index in [1.54, 1.807) is 11.8 Å². The predicted molar refractivity (Wildman–Crippen MR) is 132 cm³/mol. The maximum Gasteiger partial charge on any atom is 0.251 e. The summed E-state index contributed by atoms with van der Waals surface area (Å²) in [5, 5.41) is 9.01. The van der Waals surface area contributed by atoms with E-state index in [1.807, 2.05) is 67.8 Å². The van der Waals surface area contributed by atoms with Gasteiger partial charge in [0, 0.05) is 44.0 Å². The molecule has 3 aromatic rings. The van der Waals surface area contributed by atoms with E-state index in [4.69, 9.17) is 0 Å². The second-order valence-electron chi connectivity index (χ2n) is 7.36. The average Bonchev–Trinajstić information content (AvgIpc) is 3.22. The third-order valence-electron chi connectivity index (χ3n) is 4.86. The number of rotatable bonds is 9. The van der Waals surface area contributed by atoms with E-state index in [0.717, 1.165) is 22.0 Å². The highest BCUT2D eigenvalue weighted by molar-refractivity contribution is 7.14. The standard InChI is InChI=1S/C24H28N4O2S.ClH/c1-4-28(18(3)29)24-27-22(16-31-24)15-25-13-20-6-5-7-21(12-20)23(30)26-14-19-10-8-17(2)9-11-19;/h5-12,16,25H,4,13-15H2,1-3H3,(H,26,30);1H. The van der Waals surface area contributed by atoms with Gasteiger partial charge in [0.15, 0.2) is 5.13 Å². The maximum atomic E-state index is 12.5. The van der Waals surface area contributed by atoms with Gasteiger partial charge in [-0.25, -0.2) is 4.98 Å². The van der Waals surface area contributed by atoms with Crippen molar-refractivity contribution in [1.29, 1.82) is 0 Å². The monoisotopic (exact) mass is 472 g/mol. The molecule has 0 radical (unpaired) electrons. The molecule has 0 atom stereocenters. The molecule has 0 saturated carbocycles. The molecule has 32 heavy (non-hydrogen) atoms. The van der Waals surface area contributed by atoms with Crippen molar-refractivity contribution in [2.75, 3.05) is 11.4 Å². The van der Waals surface area contributed by atoms with E-state index >= 15 is 0 Å². The molecule has 2 N–H and O–H groups in total. The molecular weight excluding hydrogens is 444 g/mol. The summed E-state index contributed by atoms with van der Waals surface area (Å²) < 4.78 is 0. The normalized spacial score (nSPS) is 10.3. The number of carbonyl (C=O) groups is 2. The van der Waals surface area contributed by atoms with Gasteiger partial charge in [-0.1, -0.05) is 42.0 Å². The Kier molecular flexibility index (Phi) is 9.84. The number of aryl methyl sites for hydroxylation is 1. The van der Waals surface area contributed by atoms with Crippen LogP contribution in [-0.2, 0) is 24.4 Å². The molecule has 0 aliphatic carbocycles. The lowest BCUT2D eigenvalue weighted by Gasteiger charge is -2.14. The van der Waals surface area contributed by atoms with Gasteiger partial charge in [0.2, 0.25) is 5.91 Å². The van der Waals surface area contributed by atoms with Crippen LogP contribution in [0.4, 0.5) is 5.13 Å². The number of hydrogen-bond donors (Lipinski definition) is 2. The molecule has 170 valence electrons. The fraction of sp³-hybridized carbons (Fsp3) is 0.292. The molecular formula is C24H29ClN4O2S. The highest BCUT2D eigenvalue weighted by atomic mass is 35.5. The summed E-state index contributed by atoms with van der Waals surface area (Å²) in [6.45, 7) is 7.85. The Morgan fingerprint density at radius 1 is 1.03 bits per heavy atom. The Morgan fingerprint density at radius 2 is 1.78 bits per heavy atom. The number of nitrogens with zero attached hydrogens (tertiary/aromatic N) is 2. The number of carbonyl (C=O) groups excluding carboxylic acids is 2. The molecule has 0 unspecified atom stereocenters. The highest BCUT2D eigenvalue weighted by Gasteiger charge is 2.13. The van der Waals surface area contributed by atoms with Crippen LogP contribution >= 0.6 is 23.7 Å². The fourth-order valence-corrected chi connectivity index (χ4v) is 4.07. The molecule has 3 rings (SSSR count). The summed E-state index contributed by atoms with van der Waals surface area (Å²) in [6, 6.07) is 15.7. The van der Waals surface area contributed by atoms with Crippen molar-refractivity contribution in [3.05, 3.63) is 81.9 Å². The summed E-state index contributed by atoms with van der Waals surface area (Å²) in [7, 11) is 0. The molecule has 0 fully saturated rings. The van der Waals surface area contributed by atoms with Crippen molar-refractivity contribution in [3.8, 4) is 0 Å². The smallest absolute Gasteiger partial charge is 0.251 e. The van der Waals surface area contributed by atoms with Gasteiger partial charge in [0.25, 0.3) is 5.91 Å². The fourth-order valence-electron chi connectivity index (χ4n) is 3.14. The zero-order chi connectivity index (χ0) is 22.2. The zero-order valence-corrected chi connectivity index (χ0v) is 20.2. The first-order chi connectivity index (χ1) is 15.0. The molecule has 1 aromatic heterocycles. The number of amides is 2. The molecule has 0 saturated heterocycles. The number of hydrogen-bond acceptors (Lipinski definition) is 5. The summed E-state index contributed by atoms with van der Waals surface area (Å²) in [6.07, 6.45) is 0. The number of halogens is 1. The Morgan fingerprint density at radius 3 is 2.47 bits per heavy atom. The minimum absolute atomic E-state index is 0. The quantitative estimate of drug-likeness (QED) is 0.482. The van der Waals surface area contributed by atoms with Crippen LogP contribution in [0.2, 0.25) is 0 Å². The lowest BCUT2D eigenvalue weighted by Crippen LogP contribution is -2.27. The first-order valence-corrected chi connectivity index (χ1v) is 11.2. The van der Waals surface area contributed by atoms with Crippen LogP contribution < -0.4 is 15.5 Å². The Hall–Kier alpha value is -2.74. The zero-order valence-electron chi connectivity index (χ0n) is 18.6. The van der Waals surface area contributed by atoms with Crippen LogP contribution in [0.3, 0.4) is 0 Å². The average molecular weight is 473 g/mol. The van der Waals surface area contributed by atoms with Gasteiger partial charge in [0.05, 0.1) is 5.69 Å². The predicted octanol–water partition coefficient (Wildman–Crippen LogP) is 4.47. The van der Waals surface area contributed by atoms with Gasteiger partial charge >= 0.3 is 0 Å². The molecule has 2 amide bonds. The lowest BCUT2D eigenvalue weighted by atomic mass is 10.1. The lowest BCUT2D eigenvalue weighted by molar-refractivity contribution is -0.116. The number of anilines is 1. The van der Waals surface area contributed by atoms with Gasteiger partial charge in [0.1, 0.15) is 0 Å². The topological polar surface area (TPSA) is 74.3 Å². The van der Waals surface area contributed by atoms with E-state index in [2.05, 4.69) is 15.6 Å². The van der Waals surface area contributed by atoms with E-state index in [9.17, 15) is 9.59 Å². The number of aromatic nitrogens is 1. The summed E-state index contributed by atoms with van der Waals surface area (Å²) in [5.41, 5.74) is 4.84. The molecule has 1 heterocycles. The highest BCUT2D eigenvalue weighted by Crippen LogP contribution is 2.20. The van der Waals surface area contributed by atoms with E-state index in [-0.39, 0.29) is 24.2 Å². The van der Waals surface area contributed by atoms with Gasteiger partial charge < -0.3 is 10.6 Å². The molecule has 0 spiro atoms. The van der Waals surface area contributed by atoms with Crippen molar-refractivity contribution in [2.45, 2.75) is 40.4 Å². The van der Waals surface area contributed by atoms with Crippen molar-refractivity contribution in [3.63, 3.8) is 0 Å². The van der Waals surface area contributed by atoms with Crippen LogP contribution in [0.15, 0.2) is 53.9 Å². The van der Waals surface area contributed by atoms with Gasteiger partial charge in [-0.2, -0.15) is 0 Å². The van der Waals surface area contributed by atoms with Gasteiger partial charge in [-0.3, -0.25) is 14.5 Å². The van der Waals surface area contributed by atoms with Gasteiger partial charge in [-0.15, -0.1) is 23.7 Å². The van der Waals surface area contributed by atoms with Crippen molar-refractivity contribution < 1.29 is 9.59 Å². The summed E-state index contributed by atoms with van der Waals surface area (Å²) in [4.78, 5) is 30.4. The number of benzene rings is 2. The van der Waals surface area contributed by atoms with Crippen LogP contribution in [0, 0.1) is 6.92 Å². The maximum absolute atomic E-state index is 12.5. The first kappa shape index (κ1) is 25.5. The van der Waals surface area contributed by atoms with Gasteiger partial charge in [-0.05, 0) is 37.1 Å². The summed E-state index contributed by atoms with van der Waals surface area (Å²) >= 11 is 1.47. The van der Waals surface area contributed by atoms with Crippen molar-refractivity contribution >= 4 is 40.7 Å². The van der Waals surface area contributed by atoms with Crippen molar-refractivity contribution in [1.82, 2.24) is 15.6 Å². The van der Waals surface area contributed by atoms with Crippen LogP contribution in [-0.4, -0.2) is 23.3 Å². The number of nitrogens with one attached hydrogen (secondary N) is 2. The van der Waals surface area contributed by atoms with Crippen LogP contribution in [0.25, 0.3) is 0 Å².